The monoisotopic (exact) mass is 459 g/mol. The van der Waals surface area contributed by atoms with Gasteiger partial charge < -0.3 is 15.0 Å². The van der Waals surface area contributed by atoms with Crippen LogP contribution in [0, 0.1) is 0 Å². The topological polar surface area (TPSA) is 87.7 Å². The number of nitrogens with one attached hydrogen (secondary N) is 2. The van der Waals surface area contributed by atoms with E-state index < -0.39 is 10.0 Å². The van der Waals surface area contributed by atoms with Gasteiger partial charge in [-0.3, -0.25) is 4.79 Å². The molecular weight excluding hydrogens is 426 g/mol. The number of carbonyl (C=O) groups excluding carboxylic acids is 1. The van der Waals surface area contributed by atoms with Crippen LogP contribution in [0.3, 0.4) is 0 Å². The summed E-state index contributed by atoms with van der Waals surface area (Å²) in [5.41, 5.74) is 2.82. The molecule has 0 spiro atoms. The number of nitrogens with zero attached hydrogens (tertiary/aromatic N) is 1. The number of carbonyl (C=O) groups is 1. The van der Waals surface area contributed by atoms with Gasteiger partial charge in [-0.2, -0.15) is 0 Å². The zero-order chi connectivity index (χ0) is 23.1. The van der Waals surface area contributed by atoms with Crippen molar-refractivity contribution in [3.05, 3.63) is 65.2 Å². The van der Waals surface area contributed by atoms with E-state index in [1.54, 1.807) is 0 Å². The lowest BCUT2D eigenvalue weighted by molar-refractivity contribution is 0.0941. The van der Waals surface area contributed by atoms with E-state index in [9.17, 15) is 13.2 Å². The van der Waals surface area contributed by atoms with E-state index in [2.05, 4.69) is 46.1 Å². The minimum absolute atomic E-state index is 0.0338. The molecule has 1 saturated heterocycles. The van der Waals surface area contributed by atoms with Crippen LogP contribution in [0.1, 0.15) is 47.3 Å². The van der Waals surface area contributed by atoms with Crippen molar-refractivity contribution in [1.82, 2.24) is 14.9 Å². The van der Waals surface area contributed by atoms with E-state index in [4.69, 9.17) is 4.74 Å². The number of likely N-dealkylation sites (N-methyl/N-ethyl adjacent to an activating group) is 1. The number of benzene rings is 2. The zero-order valence-electron chi connectivity index (χ0n) is 19.0. The van der Waals surface area contributed by atoms with Crippen molar-refractivity contribution in [1.29, 1.82) is 0 Å². The van der Waals surface area contributed by atoms with E-state index in [1.165, 1.54) is 29.8 Å². The number of sulfonamides is 1. The molecule has 1 fully saturated rings. The van der Waals surface area contributed by atoms with Crippen LogP contribution in [0.25, 0.3) is 0 Å². The van der Waals surface area contributed by atoms with Gasteiger partial charge in [0.2, 0.25) is 10.0 Å². The Morgan fingerprint density at radius 3 is 2.38 bits per heavy atom. The summed E-state index contributed by atoms with van der Waals surface area (Å²) in [7, 11) is 0.323. The average Bonchev–Trinajstić information content (AvgIpc) is 3.32. The largest absolute Gasteiger partial charge is 0.377 e. The standard InChI is InChI=1S/C24H33N3O4S/c1-4-18-7-9-19(10-8-18)23(27(2)3)17-25-24(28)20-11-13-22(14-12-20)32(29,30)26-16-21-6-5-15-31-21/h7-14,21,23,26H,4-6,15-17H2,1-3H3,(H,25,28). The van der Waals surface area contributed by atoms with Crippen molar-refractivity contribution < 1.29 is 17.9 Å². The van der Waals surface area contributed by atoms with Crippen molar-refractivity contribution in [2.75, 3.05) is 33.8 Å². The fourth-order valence-electron chi connectivity index (χ4n) is 3.74. The molecule has 3 rings (SSSR count). The molecule has 2 unspecified atom stereocenters. The summed E-state index contributed by atoms with van der Waals surface area (Å²) >= 11 is 0. The molecule has 2 aromatic carbocycles. The lowest BCUT2D eigenvalue weighted by Gasteiger charge is -2.25. The van der Waals surface area contributed by atoms with Crippen LogP contribution < -0.4 is 10.0 Å². The van der Waals surface area contributed by atoms with Crippen LogP contribution in [-0.2, 0) is 21.2 Å². The second-order valence-electron chi connectivity index (χ2n) is 8.30. The summed E-state index contributed by atoms with van der Waals surface area (Å²) < 4.78 is 33.0. The molecule has 0 saturated carbocycles. The predicted molar refractivity (Wildman–Crippen MR) is 125 cm³/mol. The Kier molecular flexibility index (Phi) is 8.42. The number of rotatable bonds is 10. The third-order valence-electron chi connectivity index (χ3n) is 5.80. The Morgan fingerprint density at radius 2 is 1.81 bits per heavy atom. The second-order valence-corrected chi connectivity index (χ2v) is 10.1. The van der Waals surface area contributed by atoms with Gasteiger partial charge in [-0.25, -0.2) is 13.1 Å². The first-order valence-corrected chi connectivity index (χ1v) is 12.5. The van der Waals surface area contributed by atoms with Gasteiger partial charge in [0.05, 0.1) is 17.0 Å². The molecule has 8 heteroatoms. The van der Waals surface area contributed by atoms with Gasteiger partial charge in [0.15, 0.2) is 0 Å². The minimum Gasteiger partial charge on any atom is -0.377 e. The third-order valence-corrected chi connectivity index (χ3v) is 7.24. The maximum absolute atomic E-state index is 12.7. The Hall–Kier alpha value is -2.26. The van der Waals surface area contributed by atoms with Crippen molar-refractivity contribution in [3.63, 3.8) is 0 Å². The second kappa shape index (κ2) is 11.0. The highest BCUT2D eigenvalue weighted by Gasteiger charge is 2.21. The first-order chi connectivity index (χ1) is 15.3. The van der Waals surface area contributed by atoms with Gasteiger partial charge in [-0.15, -0.1) is 0 Å². The number of amides is 1. The number of ether oxygens (including phenoxy) is 1. The van der Waals surface area contributed by atoms with Crippen molar-refractivity contribution in [2.45, 2.75) is 43.2 Å². The summed E-state index contributed by atoms with van der Waals surface area (Å²) in [5, 5.41) is 2.97. The lowest BCUT2D eigenvalue weighted by atomic mass is 10.0. The highest BCUT2D eigenvalue weighted by molar-refractivity contribution is 7.89. The number of hydrogen-bond acceptors (Lipinski definition) is 5. The average molecular weight is 460 g/mol. The number of aryl methyl sites for hydroxylation is 1. The zero-order valence-corrected chi connectivity index (χ0v) is 19.8. The van der Waals surface area contributed by atoms with Gasteiger partial charge in [-0.05, 0) is 68.8 Å². The summed E-state index contributed by atoms with van der Waals surface area (Å²) in [4.78, 5) is 14.9. The molecule has 32 heavy (non-hydrogen) atoms. The summed E-state index contributed by atoms with van der Waals surface area (Å²) in [6.45, 7) is 3.50. The molecule has 0 aromatic heterocycles. The summed E-state index contributed by atoms with van der Waals surface area (Å²) in [6.07, 6.45) is 2.73. The van der Waals surface area contributed by atoms with Crippen LogP contribution in [0.5, 0.6) is 0 Å². The molecule has 0 radical (unpaired) electrons. The Labute approximate surface area is 191 Å². The molecule has 2 atom stereocenters. The molecule has 174 valence electrons. The molecule has 1 amide bonds. The van der Waals surface area contributed by atoms with Crippen LogP contribution in [-0.4, -0.2) is 59.1 Å². The van der Waals surface area contributed by atoms with Crippen molar-refractivity contribution >= 4 is 15.9 Å². The predicted octanol–water partition coefficient (Wildman–Crippen LogP) is 2.74. The van der Waals surface area contributed by atoms with E-state index in [-0.39, 0.29) is 29.5 Å². The van der Waals surface area contributed by atoms with Crippen LogP contribution in [0.15, 0.2) is 53.4 Å². The number of hydrogen-bond donors (Lipinski definition) is 2. The van der Waals surface area contributed by atoms with E-state index in [0.29, 0.717) is 18.7 Å². The van der Waals surface area contributed by atoms with Gasteiger partial charge >= 0.3 is 0 Å². The van der Waals surface area contributed by atoms with Gasteiger partial charge in [0, 0.05) is 25.3 Å². The summed E-state index contributed by atoms with van der Waals surface area (Å²) in [6, 6.07) is 14.4. The fraction of sp³-hybridized carbons (Fsp3) is 0.458. The van der Waals surface area contributed by atoms with Crippen LogP contribution in [0.2, 0.25) is 0 Å². The third kappa shape index (κ3) is 6.38. The normalized spacial score (nSPS) is 17.4. The van der Waals surface area contributed by atoms with Gasteiger partial charge in [0.25, 0.3) is 5.91 Å². The molecule has 2 N–H and O–H groups in total. The SMILES string of the molecule is CCc1ccc(C(CNC(=O)c2ccc(S(=O)(=O)NCC3CCCO3)cc2)N(C)C)cc1. The lowest BCUT2D eigenvalue weighted by Crippen LogP contribution is -2.34. The molecule has 2 aromatic rings. The summed E-state index contributed by atoms with van der Waals surface area (Å²) in [5.74, 6) is -0.238. The van der Waals surface area contributed by atoms with E-state index in [1.807, 2.05) is 14.1 Å². The van der Waals surface area contributed by atoms with E-state index >= 15 is 0 Å². The molecular formula is C24H33N3O4S. The molecule has 1 aliphatic heterocycles. The van der Waals surface area contributed by atoms with Crippen molar-refractivity contribution in [3.8, 4) is 0 Å². The molecule has 0 bridgehead atoms. The quantitative estimate of drug-likeness (QED) is 0.570. The Bertz CT molecular complexity index is 983. The maximum Gasteiger partial charge on any atom is 0.251 e. The molecule has 7 nitrogen and oxygen atoms in total. The highest BCUT2D eigenvalue weighted by Crippen LogP contribution is 2.19. The van der Waals surface area contributed by atoms with E-state index in [0.717, 1.165) is 24.8 Å². The maximum atomic E-state index is 12.7. The minimum atomic E-state index is -3.64. The van der Waals surface area contributed by atoms with Gasteiger partial charge in [0.1, 0.15) is 0 Å². The fourth-order valence-corrected chi connectivity index (χ4v) is 4.81. The van der Waals surface area contributed by atoms with Crippen molar-refractivity contribution in [2.24, 2.45) is 0 Å². The van der Waals surface area contributed by atoms with Gasteiger partial charge in [-0.1, -0.05) is 31.2 Å². The smallest absolute Gasteiger partial charge is 0.251 e. The first-order valence-electron chi connectivity index (χ1n) is 11.0. The molecule has 1 aliphatic rings. The highest BCUT2D eigenvalue weighted by atomic mass is 32.2. The van der Waals surface area contributed by atoms with Crippen LogP contribution >= 0.6 is 0 Å². The molecule has 1 heterocycles. The Balaban J connectivity index is 1.59. The first kappa shape index (κ1) is 24.4. The molecule has 0 aliphatic carbocycles. The Morgan fingerprint density at radius 1 is 1.12 bits per heavy atom. The van der Waals surface area contributed by atoms with Crippen LogP contribution in [0.4, 0.5) is 0 Å².